The number of likely N-dealkylation sites (N-methyl/N-ethyl adjacent to an activating group) is 1. The van der Waals surface area contributed by atoms with Gasteiger partial charge in [0.15, 0.2) is 0 Å². The molecule has 128 valence electrons. The Hall–Kier alpha value is -2.34. The van der Waals surface area contributed by atoms with Crippen LogP contribution in [0.25, 0.3) is 0 Å². The number of carbonyl (C=O) groups is 2. The normalized spacial score (nSPS) is 10.5. The zero-order valence-corrected chi connectivity index (χ0v) is 14.3. The van der Waals surface area contributed by atoms with Gasteiger partial charge >= 0.3 is 5.97 Å². The van der Waals surface area contributed by atoms with Crippen molar-refractivity contribution in [2.24, 2.45) is 0 Å². The zero-order chi connectivity index (χ0) is 17.9. The number of halogens is 2. The monoisotopic (exact) mass is 353 g/mol. The summed E-state index contributed by atoms with van der Waals surface area (Å²) in [5, 5.41) is 0.207. The van der Waals surface area contributed by atoms with Crippen LogP contribution in [-0.2, 0) is 22.5 Å². The lowest BCUT2D eigenvalue weighted by atomic mass is 10.1. The van der Waals surface area contributed by atoms with E-state index in [0.717, 1.165) is 0 Å². The number of carbonyl (C=O) groups excluding carboxylic acids is 2. The number of nitrogens with zero attached hydrogens (tertiary/aromatic N) is 1. The number of esters is 1. The number of benzene rings is 1. The van der Waals surface area contributed by atoms with E-state index >= 15 is 0 Å². The van der Waals surface area contributed by atoms with Gasteiger partial charge in [-0.1, -0.05) is 17.7 Å². The van der Waals surface area contributed by atoms with Crippen molar-refractivity contribution in [1.29, 1.82) is 0 Å². The lowest BCUT2D eigenvalue weighted by Crippen LogP contribution is -2.28. The Bertz CT molecular complexity index is 752. The summed E-state index contributed by atoms with van der Waals surface area (Å²) >= 11 is 5.93. The van der Waals surface area contributed by atoms with Crippen molar-refractivity contribution < 1.29 is 23.1 Å². The minimum absolute atomic E-state index is 0.142. The van der Waals surface area contributed by atoms with Crippen LogP contribution < -0.4 is 0 Å². The molecule has 0 N–H and O–H groups in total. The second-order valence-corrected chi connectivity index (χ2v) is 5.71. The maximum absolute atomic E-state index is 13.8. The Balaban J connectivity index is 2.08. The summed E-state index contributed by atoms with van der Waals surface area (Å²) in [5.74, 6) is -0.505. The molecular formula is C17H17ClFNO4. The van der Waals surface area contributed by atoms with Crippen molar-refractivity contribution in [3.05, 3.63) is 57.8 Å². The van der Waals surface area contributed by atoms with E-state index in [4.69, 9.17) is 16.0 Å². The van der Waals surface area contributed by atoms with Gasteiger partial charge in [-0.25, -0.2) is 9.18 Å². The molecule has 1 aromatic carbocycles. The first-order valence-electron chi connectivity index (χ1n) is 7.18. The van der Waals surface area contributed by atoms with Gasteiger partial charge in [0.1, 0.15) is 22.9 Å². The lowest BCUT2D eigenvalue weighted by Gasteiger charge is -2.16. The number of furan rings is 1. The fourth-order valence-electron chi connectivity index (χ4n) is 2.24. The maximum atomic E-state index is 13.8. The third-order valence-corrected chi connectivity index (χ3v) is 3.94. The minimum atomic E-state index is -0.522. The van der Waals surface area contributed by atoms with Crippen molar-refractivity contribution in [3.8, 4) is 0 Å². The van der Waals surface area contributed by atoms with Gasteiger partial charge in [-0.2, -0.15) is 0 Å². The summed E-state index contributed by atoms with van der Waals surface area (Å²) in [7, 11) is 2.84. The summed E-state index contributed by atoms with van der Waals surface area (Å²) in [4.78, 5) is 25.2. The van der Waals surface area contributed by atoms with Crippen LogP contribution in [0, 0.1) is 12.7 Å². The average molecular weight is 354 g/mol. The summed E-state index contributed by atoms with van der Waals surface area (Å²) in [6.45, 7) is 1.78. The van der Waals surface area contributed by atoms with Gasteiger partial charge in [0, 0.05) is 17.6 Å². The molecule has 0 aliphatic heterocycles. The largest absolute Gasteiger partial charge is 0.465 e. The van der Waals surface area contributed by atoms with E-state index in [-0.39, 0.29) is 29.5 Å². The van der Waals surface area contributed by atoms with Crippen LogP contribution in [0.2, 0.25) is 5.02 Å². The van der Waals surface area contributed by atoms with E-state index < -0.39 is 11.8 Å². The predicted molar refractivity (Wildman–Crippen MR) is 86.4 cm³/mol. The number of aryl methyl sites for hydroxylation is 1. The molecule has 0 saturated carbocycles. The number of amides is 1. The first-order chi connectivity index (χ1) is 11.3. The number of hydrogen-bond acceptors (Lipinski definition) is 4. The molecule has 0 aliphatic carbocycles. The van der Waals surface area contributed by atoms with Gasteiger partial charge in [0.05, 0.1) is 20.1 Å². The van der Waals surface area contributed by atoms with Crippen LogP contribution in [0.1, 0.15) is 27.4 Å². The number of hydrogen-bond donors (Lipinski definition) is 0. The molecule has 5 nitrogen and oxygen atoms in total. The molecule has 0 saturated heterocycles. The van der Waals surface area contributed by atoms with Gasteiger partial charge in [-0.3, -0.25) is 4.79 Å². The van der Waals surface area contributed by atoms with E-state index in [1.54, 1.807) is 14.0 Å². The molecule has 0 radical (unpaired) electrons. The third kappa shape index (κ3) is 3.94. The Kier molecular flexibility index (Phi) is 5.62. The molecular weight excluding hydrogens is 337 g/mol. The first-order valence-corrected chi connectivity index (χ1v) is 7.55. The van der Waals surface area contributed by atoms with E-state index in [2.05, 4.69) is 4.74 Å². The lowest BCUT2D eigenvalue weighted by molar-refractivity contribution is -0.130. The van der Waals surface area contributed by atoms with E-state index in [1.165, 1.54) is 36.3 Å². The molecule has 0 atom stereocenters. The van der Waals surface area contributed by atoms with Crippen LogP contribution in [0.5, 0.6) is 0 Å². The highest BCUT2D eigenvalue weighted by Gasteiger charge is 2.19. The average Bonchev–Trinajstić information content (AvgIpc) is 2.90. The van der Waals surface area contributed by atoms with Gasteiger partial charge in [0.2, 0.25) is 5.91 Å². The smallest absolute Gasteiger partial charge is 0.341 e. The van der Waals surface area contributed by atoms with Gasteiger partial charge < -0.3 is 14.1 Å². The summed E-state index contributed by atoms with van der Waals surface area (Å²) < 4.78 is 23.9. The zero-order valence-electron chi connectivity index (χ0n) is 13.6. The van der Waals surface area contributed by atoms with Crippen LogP contribution in [0.15, 0.2) is 28.7 Å². The van der Waals surface area contributed by atoms with Crippen LogP contribution in [0.4, 0.5) is 4.39 Å². The van der Waals surface area contributed by atoms with Crippen molar-refractivity contribution >= 4 is 23.5 Å². The Labute approximate surface area is 144 Å². The second kappa shape index (κ2) is 7.49. The van der Waals surface area contributed by atoms with Crippen LogP contribution in [0.3, 0.4) is 0 Å². The molecule has 0 aliphatic rings. The highest BCUT2D eigenvalue weighted by molar-refractivity contribution is 6.31. The van der Waals surface area contributed by atoms with E-state index in [0.29, 0.717) is 17.1 Å². The fourth-order valence-corrected chi connectivity index (χ4v) is 2.47. The molecule has 24 heavy (non-hydrogen) atoms. The van der Waals surface area contributed by atoms with E-state index in [1.807, 2.05) is 0 Å². The Morgan fingerprint density at radius 1 is 1.38 bits per heavy atom. The first kappa shape index (κ1) is 18.0. The molecule has 0 bridgehead atoms. The Morgan fingerprint density at radius 3 is 2.71 bits per heavy atom. The Morgan fingerprint density at radius 2 is 2.08 bits per heavy atom. The second-order valence-electron chi connectivity index (χ2n) is 5.30. The van der Waals surface area contributed by atoms with Crippen molar-refractivity contribution in [1.82, 2.24) is 4.90 Å². The molecule has 1 amide bonds. The SMILES string of the molecule is COC(=O)c1cc(CN(C)C(=O)Cc2c(F)cccc2Cl)oc1C. The molecule has 0 fully saturated rings. The highest BCUT2D eigenvalue weighted by atomic mass is 35.5. The van der Waals surface area contributed by atoms with Crippen molar-refractivity contribution in [2.75, 3.05) is 14.2 Å². The molecule has 7 heteroatoms. The third-order valence-electron chi connectivity index (χ3n) is 3.58. The van der Waals surface area contributed by atoms with Crippen LogP contribution in [-0.4, -0.2) is 30.9 Å². The molecule has 0 spiro atoms. The summed E-state index contributed by atoms with van der Waals surface area (Å²) in [6.07, 6.45) is -0.161. The number of methoxy groups -OCH3 is 1. The highest BCUT2D eigenvalue weighted by Crippen LogP contribution is 2.21. The standard InChI is InChI=1S/C17H17ClFNO4/c1-10-12(17(22)23-3)7-11(24-10)9-20(2)16(21)8-13-14(18)5-4-6-15(13)19/h4-7H,8-9H2,1-3H3. The van der Waals surface area contributed by atoms with Crippen LogP contribution >= 0.6 is 11.6 Å². The fraction of sp³-hybridized carbons (Fsp3) is 0.294. The topological polar surface area (TPSA) is 59.8 Å². The molecule has 1 aromatic heterocycles. The van der Waals surface area contributed by atoms with Crippen molar-refractivity contribution in [3.63, 3.8) is 0 Å². The van der Waals surface area contributed by atoms with E-state index in [9.17, 15) is 14.0 Å². The maximum Gasteiger partial charge on any atom is 0.341 e. The van der Waals surface area contributed by atoms with Crippen molar-refractivity contribution in [2.45, 2.75) is 19.9 Å². The molecule has 1 heterocycles. The number of rotatable bonds is 5. The predicted octanol–water partition coefficient (Wildman–Crippen LogP) is 3.37. The quantitative estimate of drug-likeness (QED) is 0.773. The number of ether oxygens (including phenoxy) is 1. The minimum Gasteiger partial charge on any atom is -0.465 e. The summed E-state index contributed by atoms with van der Waals surface area (Å²) in [6, 6.07) is 5.80. The van der Waals surface area contributed by atoms with Gasteiger partial charge in [-0.05, 0) is 25.1 Å². The molecule has 0 unspecified atom stereocenters. The summed E-state index contributed by atoms with van der Waals surface area (Å²) in [5.41, 5.74) is 0.465. The van der Waals surface area contributed by atoms with Gasteiger partial charge in [0.25, 0.3) is 0 Å². The van der Waals surface area contributed by atoms with Gasteiger partial charge in [-0.15, -0.1) is 0 Å². The molecule has 2 rings (SSSR count). The molecule has 2 aromatic rings.